The number of para-hydroxylation sites is 3. The molecule has 0 N–H and O–H groups in total. The number of rotatable bonds is 7. The Labute approximate surface area is 330 Å². The van der Waals surface area contributed by atoms with Gasteiger partial charge in [0, 0.05) is 38.9 Å². The minimum atomic E-state index is 0.887. The predicted octanol–water partition coefficient (Wildman–Crippen LogP) is 15.2. The summed E-state index contributed by atoms with van der Waals surface area (Å²) in [5.74, 6) is 0. The number of furan rings is 1. The summed E-state index contributed by atoms with van der Waals surface area (Å²) in [5.41, 5.74) is 15.5. The Morgan fingerprint density at radius 3 is 1.39 bits per heavy atom. The summed E-state index contributed by atoms with van der Waals surface area (Å²) in [7, 11) is 0. The minimum absolute atomic E-state index is 0.887. The zero-order valence-electron chi connectivity index (χ0n) is 31.1. The molecule has 3 heteroatoms. The van der Waals surface area contributed by atoms with Crippen LogP contribution in [0, 0.1) is 0 Å². The number of benzene rings is 9. The normalized spacial score (nSPS) is 11.5. The van der Waals surface area contributed by atoms with Crippen molar-refractivity contribution in [3.05, 3.63) is 218 Å². The molecule has 268 valence electrons. The molecule has 0 bridgehead atoms. The molecule has 0 spiro atoms. The van der Waals surface area contributed by atoms with E-state index in [-0.39, 0.29) is 0 Å². The van der Waals surface area contributed by atoms with Gasteiger partial charge in [-0.2, -0.15) is 0 Å². The van der Waals surface area contributed by atoms with Gasteiger partial charge in [0.15, 0.2) is 0 Å². The second-order valence-corrected chi connectivity index (χ2v) is 14.5. The van der Waals surface area contributed by atoms with E-state index in [1.807, 2.05) is 0 Å². The first-order valence-corrected chi connectivity index (χ1v) is 19.4. The smallest absolute Gasteiger partial charge is 0.146 e. The predicted molar refractivity (Wildman–Crippen MR) is 239 cm³/mol. The summed E-state index contributed by atoms with van der Waals surface area (Å²) in [6, 6.07) is 77.9. The van der Waals surface area contributed by atoms with Crippen LogP contribution in [0.15, 0.2) is 223 Å². The van der Waals surface area contributed by atoms with Crippen LogP contribution in [0.4, 0.5) is 17.1 Å². The maximum absolute atomic E-state index is 6.82. The fourth-order valence-corrected chi connectivity index (χ4v) is 8.52. The van der Waals surface area contributed by atoms with Crippen molar-refractivity contribution < 1.29 is 4.42 Å². The van der Waals surface area contributed by atoms with E-state index in [2.05, 4.69) is 228 Å². The number of aromatic nitrogens is 1. The molecule has 11 rings (SSSR count). The minimum Gasteiger partial charge on any atom is -0.455 e. The highest BCUT2D eigenvalue weighted by Gasteiger charge is 2.23. The van der Waals surface area contributed by atoms with Gasteiger partial charge < -0.3 is 13.9 Å². The van der Waals surface area contributed by atoms with Crippen molar-refractivity contribution in [2.75, 3.05) is 4.90 Å². The standard InChI is InChI=1S/C54H36N2O/c1-4-14-37(15-5-1)39-24-30-43(31-25-39)55(44-32-26-40(27-33-44)38-16-6-2-7-17-38)45-34-28-41(29-35-45)48-36-50-53(54-52(48)47-21-11-13-23-51(47)57-54)46-20-10-12-22-49(46)56(50)42-18-8-3-9-19-42/h1-36H. The van der Waals surface area contributed by atoms with E-state index in [9.17, 15) is 0 Å². The number of anilines is 3. The molecule has 57 heavy (non-hydrogen) atoms. The molecule has 3 nitrogen and oxygen atoms in total. The van der Waals surface area contributed by atoms with Gasteiger partial charge in [-0.3, -0.25) is 0 Å². The number of nitrogens with zero attached hydrogens (tertiary/aromatic N) is 2. The Bertz CT molecular complexity index is 3100. The van der Waals surface area contributed by atoms with E-state index in [1.165, 1.54) is 27.6 Å². The molecule has 0 aliphatic carbocycles. The molecule has 0 unspecified atom stereocenters. The lowest BCUT2D eigenvalue weighted by Crippen LogP contribution is -2.09. The Balaban J connectivity index is 1.08. The summed E-state index contributed by atoms with van der Waals surface area (Å²) in [6.45, 7) is 0. The van der Waals surface area contributed by atoms with Gasteiger partial charge in [-0.25, -0.2) is 0 Å². The number of fused-ring (bicyclic) bond motifs is 7. The van der Waals surface area contributed by atoms with E-state index >= 15 is 0 Å². The van der Waals surface area contributed by atoms with E-state index in [4.69, 9.17) is 4.42 Å². The van der Waals surface area contributed by atoms with E-state index in [0.29, 0.717) is 0 Å². The van der Waals surface area contributed by atoms with Crippen LogP contribution in [0.3, 0.4) is 0 Å². The van der Waals surface area contributed by atoms with E-state index in [0.717, 1.165) is 72.2 Å². The third kappa shape index (κ3) is 5.60. The SMILES string of the molecule is c1ccc(-c2ccc(N(c3ccc(-c4ccccc4)cc3)c3ccc(-c4cc5c(c6ccccc6n5-c5ccccc5)c5oc6ccccc6c45)cc3)cc2)cc1. The lowest BCUT2D eigenvalue weighted by atomic mass is 9.96. The van der Waals surface area contributed by atoms with Crippen LogP contribution >= 0.6 is 0 Å². The summed E-state index contributed by atoms with van der Waals surface area (Å²) < 4.78 is 9.19. The highest BCUT2D eigenvalue weighted by Crippen LogP contribution is 2.46. The number of hydrogen-bond donors (Lipinski definition) is 0. The van der Waals surface area contributed by atoms with Gasteiger partial charge in [0.1, 0.15) is 11.2 Å². The van der Waals surface area contributed by atoms with Gasteiger partial charge in [-0.1, -0.05) is 152 Å². The van der Waals surface area contributed by atoms with E-state index in [1.54, 1.807) is 0 Å². The van der Waals surface area contributed by atoms with Crippen molar-refractivity contribution >= 4 is 60.8 Å². The molecular weight excluding hydrogens is 693 g/mol. The van der Waals surface area contributed by atoms with Crippen LogP contribution in [0.2, 0.25) is 0 Å². The molecule has 0 atom stereocenters. The van der Waals surface area contributed by atoms with Gasteiger partial charge in [-0.05, 0) is 100 Å². The van der Waals surface area contributed by atoms with Crippen molar-refractivity contribution in [1.29, 1.82) is 0 Å². The monoisotopic (exact) mass is 728 g/mol. The van der Waals surface area contributed by atoms with Gasteiger partial charge in [-0.15, -0.1) is 0 Å². The van der Waals surface area contributed by atoms with Crippen LogP contribution in [-0.4, -0.2) is 4.57 Å². The third-order valence-electron chi connectivity index (χ3n) is 11.2. The fraction of sp³-hybridized carbons (Fsp3) is 0. The average Bonchev–Trinajstić information content (AvgIpc) is 3.84. The molecule has 0 amide bonds. The largest absolute Gasteiger partial charge is 0.455 e. The molecule has 0 radical (unpaired) electrons. The van der Waals surface area contributed by atoms with Crippen molar-refractivity contribution in [3.8, 4) is 39.1 Å². The lowest BCUT2D eigenvalue weighted by Gasteiger charge is -2.26. The van der Waals surface area contributed by atoms with Crippen LogP contribution in [-0.2, 0) is 0 Å². The third-order valence-corrected chi connectivity index (χ3v) is 11.2. The van der Waals surface area contributed by atoms with Crippen LogP contribution in [0.5, 0.6) is 0 Å². The van der Waals surface area contributed by atoms with Crippen LogP contribution in [0.1, 0.15) is 0 Å². The highest BCUT2D eigenvalue weighted by atomic mass is 16.3. The molecule has 0 aliphatic rings. The molecule has 2 aromatic heterocycles. The van der Waals surface area contributed by atoms with Gasteiger partial charge >= 0.3 is 0 Å². The maximum Gasteiger partial charge on any atom is 0.146 e. The highest BCUT2D eigenvalue weighted by molar-refractivity contribution is 6.27. The summed E-state index contributed by atoms with van der Waals surface area (Å²) in [5, 5.41) is 4.55. The Morgan fingerprint density at radius 1 is 0.351 bits per heavy atom. The van der Waals surface area contributed by atoms with Crippen molar-refractivity contribution in [2.45, 2.75) is 0 Å². The molecule has 2 heterocycles. The van der Waals surface area contributed by atoms with Crippen LogP contribution in [0.25, 0.3) is 82.8 Å². The van der Waals surface area contributed by atoms with Gasteiger partial charge in [0.05, 0.1) is 16.4 Å². The second-order valence-electron chi connectivity index (χ2n) is 14.5. The molecular formula is C54H36N2O. The van der Waals surface area contributed by atoms with Gasteiger partial charge in [0.2, 0.25) is 0 Å². The maximum atomic E-state index is 6.82. The Morgan fingerprint density at radius 2 is 0.807 bits per heavy atom. The van der Waals surface area contributed by atoms with Crippen molar-refractivity contribution in [1.82, 2.24) is 4.57 Å². The molecule has 9 aromatic carbocycles. The zero-order valence-corrected chi connectivity index (χ0v) is 31.1. The van der Waals surface area contributed by atoms with E-state index < -0.39 is 0 Å². The molecule has 0 saturated carbocycles. The van der Waals surface area contributed by atoms with Crippen molar-refractivity contribution in [3.63, 3.8) is 0 Å². The molecule has 0 fully saturated rings. The first-order chi connectivity index (χ1) is 28.3. The lowest BCUT2D eigenvalue weighted by molar-refractivity contribution is 0.673. The topological polar surface area (TPSA) is 21.3 Å². The average molecular weight is 729 g/mol. The molecule has 0 saturated heterocycles. The summed E-state index contributed by atoms with van der Waals surface area (Å²) in [4.78, 5) is 2.34. The summed E-state index contributed by atoms with van der Waals surface area (Å²) >= 11 is 0. The zero-order chi connectivity index (χ0) is 37.7. The first kappa shape index (κ1) is 32.8. The van der Waals surface area contributed by atoms with Crippen molar-refractivity contribution in [2.24, 2.45) is 0 Å². The Kier molecular flexibility index (Phi) is 7.82. The fourth-order valence-electron chi connectivity index (χ4n) is 8.52. The molecule has 0 aliphatic heterocycles. The second kappa shape index (κ2) is 13.6. The number of hydrogen-bond acceptors (Lipinski definition) is 2. The first-order valence-electron chi connectivity index (χ1n) is 19.4. The molecule has 11 aromatic rings. The Hall–Kier alpha value is -7.62. The quantitative estimate of drug-likeness (QED) is 0.163. The summed E-state index contributed by atoms with van der Waals surface area (Å²) in [6.07, 6.45) is 0. The van der Waals surface area contributed by atoms with Gasteiger partial charge in [0.25, 0.3) is 0 Å². The van der Waals surface area contributed by atoms with Crippen LogP contribution < -0.4 is 4.90 Å².